The molecule has 2 unspecified atom stereocenters. The Balaban J connectivity index is 2.58. The molecule has 90 valence electrons. The molecule has 0 heterocycles. The van der Waals surface area contributed by atoms with Crippen LogP contribution in [0.3, 0.4) is 0 Å². The van der Waals surface area contributed by atoms with Gasteiger partial charge in [0.15, 0.2) is 11.6 Å². The molecule has 0 saturated heterocycles. The number of benzene rings is 1. The highest BCUT2D eigenvalue weighted by atomic mass is 19.2. The van der Waals surface area contributed by atoms with Crippen LogP contribution in [0.25, 0.3) is 0 Å². The first kappa shape index (κ1) is 12.9. The molecule has 0 fully saturated rings. The molecule has 2 atom stereocenters. The number of aliphatic hydroxyl groups is 1. The lowest BCUT2D eigenvalue weighted by atomic mass is 10.0. The minimum atomic E-state index is -1.01. The highest BCUT2D eigenvalue weighted by Crippen LogP contribution is 2.20. The van der Waals surface area contributed by atoms with Gasteiger partial charge in [0.2, 0.25) is 5.82 Å². The van der Waals surface area contributed by atoms with Crippen molar-refractivity contribution in [1.82, 2.24) is 0 Å². The Morgan fingerprint density at radius 3 is 2.69 bits per heavy atom. The molecule has 0 saturated carbocycles. The summed E-state index contributed by atoms with van der Waals surface area (Å²) in [5.74, 6) is -2.06. The van der Waals surface area contributed by atoms with Gasteiger partial charge in [-0.2, -0.15) is 4.39 Å². The van der Waals surface area contributed by atoms with Crippen LogP contribution in [0.1, 0.15) is 20.3 Å². The second kappa shape index (κ2) is 5.80. The average molecular weight is 230 g/mol. The summed E-state index contributed by atoms with van der Waals surface area (Å²) in [6.07, 6.45) is 0.128. The van der Waals surface area contributed by atoms with Gasteiger partial charge in [-0.25, -0.2) is 4.39 Å². The number of hydrogen-bond donors (Lipinski definition) is 1. The van der Waals surface area contributed by atoms with Gasteiger partial charge in [0.25, 0.3) is 0 Å². The van der Waals surface area contributed by atoms with Crippen LogP contribution in [0.4, 0.5) is 8.78 Å². The first-order valence-electron chi connectivity index (χ1n) is 5.31. The van der Waals surface area contributed by atoms with E-state index in [1.807, 2.05) is 13.8 Å². The van der Waals surface area contributed by atoms with Crippen molar-refractivity contribution < 1.29 is 18.6 Å². The average Bonchev–Trinajstić information content (AvgIpc) is 2.29. The second-order valence-electron chi connectivity index (χ2n) is 3.82. The monoisotopic (exact) mass is 230 g/mol. The third-order valence-corrected chi connectivity index (χ3v) is 2.63. The van der Waals surface area contributed by atoms with E-state index in [4.69, 9.17) is 4.74 Å². The lowest BCUT2D eigenvalue weighted by molar-refractivity contribution is 0.0603. The number of rotatable bonds is 5. The van der Waals surface area contributed by atoms with Gasteiger partial charge in [0.05, 0.1) is 6.10 Å². The minimum Gasteiger partial charge on any atom is -0.488 e. The maximum Gasteiger partial charge on any atom is 0.200 e. The number of ether oxygens (including phenoxy) is 1. The molecule has 0 aromatic heterocycles. The van der Waals surface area contributed by atoms with E-state index in [1.165, 1.54) is 12.1 Å². The third-order valence-electron chi connectivity index (χ3n) is 2.63. The highest BCUT2D eigenvalue weighted by Gasteiger charge is 2.15. The van der Waals surface area contributed by atoms with E-state index in [-0.39, 0.29) is 18.3 Å². The van der Waals surface area contributed by atoms with E-state index in [0.29, 0.717) is 0 Å². The summed E-state index contributed by atoms with van der Waals surface area (Å²) >= 11 is 0. The van der Waals surface area contributed by atoms with E-state index >= 15 is 0 Å². The fourth-order valence-electron chi connectivity index (χ4n) is 1.21. The van der Waals surface area contributed by atoms with Crippen LogP contribution in [0.5, 0.6) is 5.75 Å². The van der Waals surface area contributed by atoms with Crippen LogP contribution in [-0.2, 0) is 0 Å². The standard InChI is InChI=1S/C12H16F2O2/c1-3-8(2)10(15)7-16-11-6-4-5-9(13)12(11)14/h4-6,8,10,15H,3,7H2,1-2H3. The molecular formula is C12H16F2O2. The van der Waals surface area contributed by atoms with Gasteiger partial charge in [-0.05, 0) is 18.1 Å². The zero-order valence-corrected chi connectivity index (χ0v) is 9.41. The molecule has 16 heavy (non-hydrogen) atoms. The Morgan fingerprint density at radius 2 is 2.06 bits per heavy atom. The molecule has 0 aliphatic heterocycles. The fraction of sp³-hybridized carbons (Fsp3) is 0.500. The van der Waals surface area contributed by atoms with E-state index in [1.54, 1.807) is 0 Å². The Hall–Kier alpha value is -1.16. The number of aliphatic hydroxyl groups excluding tert-OH is 1. The molecule has 0 amide bonds. The van der Waals surface area contributed by atoms with Crippen LogP contribution in [0.2, 0.25) is 0 Å². The summed E-state index contributed by atoms with van der Waals surface area (Å²) in [4.78, 5) is 0. The largest absolute Gasteiger partial charge is 0.488 e. The summed E-state index contributed by atoms with van der Waals surface area (Å²) in [7, 11) is 0. The summed E-state index contributed by atoms with van der Waals surface area (Å²) in [6.45, 7) is 3.78. The first-order chi connectivity index (χ1) is 7.56. The Kier molecular flexibility index (Phi) is 4.68. The van der Waals surface area contributed by atoms with E-state index < -0.39 is 17.7 Å². The molecule has 1 N–H and O–H groups in total. The number of halogens is 2. The molecule has 1 aromatic rings. The molecule has 0 aliphatic carbocycles. The molecule has 1 aromatic carbocycles. The van der Waals surface area contributed by atoms with Crippen molar-refractivity contribution in [3.05, 3.63) is 29.8 Å². The van der Waals surface area contributed by atoms with Crippen molar-refractivity contribution in [2.24, 2.45) is 5.92 Å². The minimum absolute atomic E-state index is 0.0324. The van der Waals surface area contributed by atoms with E-state index in [9.17, 15) is 13.9 Å². The zero-order valence-electron chi connectivity index (χ0n) is 9.41. The van der Waals surface area contributed by atoms with Gasteiger partial charge in [0.1, 0.15) is 6.61 Å². The van der Waals surface area contributed by atoms with Crippen molar-refractivity contribution in [2.75, 3.05) is 6.61 Å². The summed E-state index contributed by atoms with van der Waals surface area (Å²) in [5.41, 5.74) is 0. The molecular weight excluding hydrogens is 214 g/mol. The maximum atomic E-state index is 13.2. The van der Waals surface area contributed by atoms with Crippen LogP contribution in [0, 0.1) is 17.6 Å². The van der Waals surface area contributed by atoms with Crippen LogP contribution in [-0.4, -0.2) is 17.8 Å². The second-order valence-corrected chi connectivity index (χ2v) is 3.82. The molecule has 0 aliphatic rings. The molecule has 0 radical (unpaired) electrons. The van der Waals surface area contributed by atoms with Crippen LogP contribution in [0.15, 0.2) is 18.2 Å². The smallest absolute Gasteiger partial charge is 0.200 e. The molecule has 1 rings (SSSR count). The maximum absolute atomic E-state index is 13.2. The summed E-state index contributed by atoms with van der Waals surface area (Å²) in [6, 6.07) is 3.72. The zero-order chi connectivity index (χ0) is 12.1. The highest BCUT2D eigenvalue weighted by molar-refractivity contribution is 5.25. The molecule has 4 heteroatoms. The van der Waals surface area contributed by atoms with Gasteiger partial charge in [-0.1, -0.05) is 26.3 Å². The van der Waals surface area contributed by atoms with E-state index in [2.05, 4.69) is 0 Å². The van der Waals surface area contributed by atoms with Crippen molar-refractivity contribution in [2.45, 2.75) is 26.4 Å². The summed E-state index contributed by atoms with van der Waals surface area (Å²) in [5, 5.41) is 9.60. The van der Waals surface area contributed by atoms with Gasteiger partial charge in [0, 0.05) is 0 Å². The Morgan fingerprint density at radius 1 is 1.38 bits per heavy atom. The molecule has 0 bridgehead atoms. The van der Waals surface area contributed by atoms with Gasteiger partial charge in [-0.3, -0.25) is 0 Å². The van der Waals surface area contributed by atoms with Gasteiger partial charge >= 0.3 is 0 Å². The molecule has 0 spiro atoms. The lowest BCUT2D eigenvalue weighted by Crippen LogP contribution is -2.25. The first-order valence-corrected chi connectivity index (χ1v) is 5.31. The van der Waals surface area contributed by atoms with Crippen molar-refractivity contribution >= 4 is 0 Å². The van der Waals surface area contributed by atoms with Crippen molar-refractivity contribution in [3.63, 3.8) is 0 Å². The van der Waals surface area contributed by atoms with E-state index in [0.717, 1.165) is 12.5 Å². The Labute approximate surface area is 93.9 Å². The normalized spacial score (nSPS) is 14.6. The topological polar surface area (TPSA) is 29.5 Å². The van der Waals surface area contributed by atoms with Gasteiger partial charge in [-0.15, -0.1) is 0 Å². The third kappa shape index (κ3) is 3.17. The number of hydrogen-bond acceptors (Lipinski definition) is 2. The lowest BCUT2D eigenvalue weighted by Gasteiger charge is -2.17. The molecule has 2 nitrogen and oxygen atoms in total. The van der Waals surface area contributed by atoms with Crippen molar-refractivity contribution in [1.29, 1.82) is 0 Å². The van der Waals surface area contributed by atoms with Crippen LogP contribution >= 0.6 is 0 Å². The predicted molar refractivity (Wildman–Crippen MR) is 57.3 cm³/mol. The summed E-state index contributed by atoms with van der Waals surface area (Å²) < 4.78 is 31.0. The SMILES string of the molecule is CCC(C)C(O)COc1cccc(F)c1F. The van der Waals surface area contributed by atoms with Crippen LogP contribution < -0.4 is 4.74 Å². The quantitative estimate of drug-likeness (QED) is 0.842. The fourth-order valence-corrected chi connectivity index (χ4v) is 1.21. The Bertz CT molecular complexity index is 342. The van der Waals surface area contributed by atoms with Crippen molar-refractivity contribution in [3.8, 4) is 5.75 Å². The predicted octanol–water partition coefficient (Wildman–Crippen LogP) is 2.75. The van der Waals surface area contributed by atoms with Gasteiger partial charge < -0.3 is 9.84 Å².